The van der Waals surface area contributed by atoms with Gasteiger partial charge in [0.25, 0.3) is 5.91 Å². The summed E-state index contributed by atoms with van der Waals surface area (Å²) in [5.74, 6) is 0.587. The normalized spacial score (nSPS) is 11.2. The number of amides is 1. The van der Waals surface area contributed by atoms with Crippen molar-refractivity contribution in [3.05, 3.63) is 65.2 Å². The van der Waals surface area contributed by atoms with E-state index in [4.69, 9.17) is 9.72 Å². The number of pyridine rings is 1. The topological polar surface area (TPSA) is 69.0 Å². The Hall–Kier alpha value is -3.19. The zero-order valence-electron chi connectivity index (χ0n) is 16.5. The summed E-state index contributed by atoms with van der Waals surface area (Å²) in [6.45, 7) is 4.47. The van der Waals surface area contributed by atoms with Crippen LogP contribution in [0.3, 0.4) is 0 Å². The molecule has 0 aliphatic heterocycles. The van der Waals surface area contributed by atoms with Gasteiger partial charge in [-0.1, -0.05) is 24.3 Å². The lowest BCUT2D eigenvalue weighted by atomic mass is 10.1. The molecule has 29 heavy (non-hydrogen) atoms. The molecule has 0 saturated carbocycles. The number of fused-ring (bicyclic) bond motifs is 1. The molecule has 4 aromatic rings. The summed E-state index contributed by atoms with van der Waals surface area (Å²) in [6.07, 6.45) is 1.72. The van der Waals surface area contributed by atoms with Crippen molar-refractivity contribution in [3.8, 4) is 16.3 Å². The third kappa shape index (κ3) is 3.73. The van der Waals surface area contributed by atoms with Crippen molar-refractivity contribution in [1.29, 1.82) is 0 Å². The van der Waals surface area contributed by atoms with Crippen LogP contribution in [-0.4, -0.2) is 27.8 Å². The monoisotopic (exact) mass is 406 g/mol. The number of benzene rings is 1. The van der Waals surface area contributed by atoms with Gasteiger partial charge in [0.05, 0.1) is 34.8 Å². The molecule has 1 aromatic carbocycles. The minimum atomic E-state index is -0.163. The smallest absolute Gasteiger partial charge is 0.252 e. The Morgan fingerprint density at radius 1 is 1.24 bits per heavy atom. The lowest BCUT2D eigenvalue weighted by Crippen LogP contribution is -2.23. The first-order chi connectivity index (χ1) is 14.1. The number of rotatable bonds is 6. The zero-order chi connectivity index (χ0) is 20.4. The van der Waals surface area contributed by atoms with Crippen LogP contribution in [0.5, 0.6) is 5.75 Å². The van der Waals surface area contributed by atoms with Gasteiger partial charge in [0.15, 0.2) is 5.65 Å². The van der Waals surface area contributed by atoms with Gasteiger partial charge in [0, 0.05) is 18.2 Å². The molecule has 0 saturated heterocycles. The fourth-order valence-corrected chi connectivity index (χ4v) is 3.94. The minimum Gasteiger partial charge on any atom is -0.496 e. The third-order valence-electron chi connectivity index (χ3n) is 4.71. The van der Waals surface area contributed by atoms with Crippen LogP contribution in [0.2, 0.25) is 0 Å². The first-order valence-electron chi connectivity index (χ1n) is 9.40. The quantitative estimate of drug-likeness (QED) is 0.505. The molecular weight excluding hydrogens is 384 g/mol. The van der Waals surface area contributed by atoms with Crippen LogP contribution in [0, 0.1) is 0 Å². The highest BCUT2D eigenvalue weighted by Crippen LogP contribution is 2.29. The Morgan fingerprint density at radius 3 is 2.79 bits per heavy atom. The number of aromatic nitrogens is 3. The predicted molar refractivity (Wildman–Crippen MR) is 115 cm³/mol. The highest BCUT2D eigenvalue weighted by molar-refractivity contribution is 7.13. The molecule has 1 N–H and O–H groups in total. The molecule has 3 heterocycles. The van der Waals surface area contributed by atoms with Crippen molar-refractivity contribution in [3.63, 3.8) is 0 Å². The number of ether oxygens (including phenoxy) is 1. The maximum absolute atomic E-state index is 13.1. The lowest BCUT2D eigenvalue weighted by Gasteiger charge is -2.12. The number of hydrogen-bond acceptors (Lipinski definition) is 5. The maximum Gasteiger partial charge on any atom is 0.252 e. The van der Waals surface area contributed by atoms with E-state index in [1.807, 2.05) is 66.4 Å². The Bertz CT molecular complexity index is 1150. The van der Waals surface area contributed by atoms with E-state index >= 15 is 0 Å². The summed E-state index contributed by atoms with van der Waals surface area (Å²) < 4.78 is 7.23. The summed E-state index contributed by atoms with van der Waals surface area (Å²) in [5, 5.41) is 10.2. The standard InChI is InChI=1S/C22H22N4O2S/c1-14(2)26-21-17(13-24-26)16(11-18(25-21)20-9-6-10-29-20)22(27)23-12-15-7-4-5-8-19(15)28-3/h4-11,13-14H,12H2,1-3H3,(H,23,27). The van der Waals surface area contributed by atoms with Crippen molar-refractivity contribution in [1.82, 2.24) is 20.1 Å². The highest BCUT2D eigenvalue weighted by atomic mass is 32.1. The maximum atomic E-state index is 13.1. The van der Waals surface area contributed by atoms with Gasteiger partial charge >= 0.3 is 0 Å². The van der Waals surface area contributed by atoms with Gasteiger partial charge < -0.3 is 10.1 Å². The number of para-hydroxylation sites is 1. The molecule has 3 aromatic heterocycles. The molecule has 0 fully saturated rings. The number of nitrogens with zero attached hydrogens (tertiary/aromatic N) is 3. The Labute approximate surface area is 173 Å². The van der Waals surface area contributed by atoms with Gasteiger partial charge in [-0.25, -0.2) is 9.67 Å². The second-order valence-corrected chi connectivity index (χ2v) is 7.89. The fourth-order valence-electron chi connectivity index (χ4n) is 3.25. The van der Waals surface area contributed by atoms with Crippen LogP contribution < -0.4 is 10.1 Å². The first-order valence-corrected chi connectivity index (χ1v) is 10.3. The van der Waals surface area contributed by atoms with E-state index in [2.05, 4.69) is 10.4 Å². The summed E-state index contributed by atoms with van der Waals surface area (Å²) in [7, 11) is 1.63. The van der Waals surface area contributed by atoms with E-state index in [1.54, 1.807) is 24.6 Å². The van der Waals surface area contributed by atoms with Crippen molar-refractivity contribution in [2.45, 2.75) is 26.4 Å². The van der Waals surface area contributed by atoms with E-state index in [1.165, 1.54) is 0 Å². The van der Waals surface area contributed by atoms with E-state index < -0.39 is 0 Å². The van der Waals surface area contributed by atoms with Crippen molar-refractivity contribution in [2.24, 2.45) is 0 Å². The van der Waals surface area contributed by atoms with E-state index in [-0.39, 0.29) is 11.9 Å². The van der Waals surface area contributed by atoms with Crippen molar-refractivity contribution in [2.75, 3.05) is 7.11 Å². The van der Waals surface area contributed by atoms with Gasteiger partial charge in [-0.05, 0) is 37.4 Å². The average Bonchev–Trinajstić information content (AvgIpc) is 3.41. The molecule has 0 bridgehead atoms. The predicted octanol–water partition coefficient (Wildman–Crippen LogP) is 4.68. The molecule has 0 aliphatic rings. The highest BCUT2D eigenvalue weighted by Gasteiger charge is 2.19. The molecule has 4 rings (SSSR count). The number of thiophene rings is 1. The fraction of sp³-hybridized carbons (Fsp3) is 0.227. The SMILES string of the molecule is COc1ccccc1CNC(=O)c1cc(-c2cccs2)nc2c1cnn2C(C)C. The van der Waals surface area contributed by atoms with Gasteiger partial charge in [-0.2, -0.15) is 5.10 Å². The van der Waals surface area contributed by atoms with Crippen LogP contribution in [0.4, 0.5) is 0 Å². The summed E-state index contributed by atoms with van der Waals surface area (Å²) in [4.78, 5) is 18.9. The second kappa shape index (κ2) is 8.05. The molecule has 6 nitrogen and oxygen atoms in total. The van der Waals surface area contributed by atoms with Gasteiger partial charge in [0.1, 0.15) is 5.75 Å². The molecule has 1 amide bonds. The van der Waals surface area contributed by atoms with Gasteiger partial charge in [0.2, 0.25) is 0 Å². The number of methoxy groups -OCH3 is 1. The van der Waals surface area contributed by atoms with Crippen LogP contribution in [0.15, 0.2) is 54.0 Å². The average molecular weight is 407 g/mol. The van der Waals surface area contributed by atoms with E-state index in [9.17, 15) is 4.79 Å². The molecule has 0 radical (unpaired) electrons. The molecule has 0 unspecified atom stereocenters. The van der Waals surface area contributed by atoms with Crippen LogP contribution in [0.1, 0.15) is 35.8 Å². The molecule has 7 heteroatoms. The summed E-state index contributed by atoms with van der Waals surface area (Å²) in [5.41, 5.74) is 2.98. The van der Waals surface area contributed by atoms with Gasteiger partial charge in [-0.3, -0.25) is 4.79 Å². The molecule has 148 valence electrons. The number of nitrogens with one attached hydrogen (secondary N) is 1. The zero-order valence-corrected chi connectivity index (χ0v) is 17.4. The van der Waals surface area contributed by atoms with Crippen LogP contribution >= 0.6 is 11.3 Å². The van der Waals surface area contributed by atoms with E-state index in [0.717, 1.165) is 27.3 Å². The Morgan fingerprint density at radius 2 is 2.07 bits per heavy atom. The first kappa shape index (κ1) is 19.1. The second-order valence-electron chi connectivity index (χ2n) is 6.95. The Balaban J connectivity index is 1.72. The van der Waals surface area contributed by atoms with Crippen molar-refractivity contribution >= 4 is 28.3 Å². The molecule has 0 atom stereocenters. The van der Waals surface area contributed by atoms with Crippen LogP contribution in [-0.2, 0) is 6.54 Å². The minimum absolute atomic E-state index is 0.142. The molecule has 0 aliphatic carbocycles. The van der Waals surface area contributed by atoms with Crippen molar-refractivity contribution < 1.29 is 9.53 Å². The lowest BCUT2D eigenvalue weighted by molar-refractivity contribution is 0.0952. The third-order valence-corrected chi connectivity index (χ3v) is 5.60. The summed E-state index contributed by atoms with van der Waals surface area (Å²) >= 11 is 1.60. The summed E-state index contributed by atoms with van der Waals surface area (Å²) in [6, 6.07) is 13.6. The largest absolute Gasteiger partial charge is 0.496 e. The number of hydrogen-bond donors (Lipinski definition) is 1. The molecule has 0 spiro atoms. The van der Waals surface area contributed by atoms with Crippen LogP contribution in [0.25, 0.3) is 21.6 Å². The Kier molecular flexibility index (Phi) is 5.31. The number of carbonyl (C=O) groups excluding carboxylic acids is 1. The molecular formula is C22H22N4O2S. The van der Waals surface area contributed by atoms with Gasteiger partial charge in [-0.15, -0.1) is 11.3 Å². The van der Waals surface area contributed by atoms with E-state index in [0.29, 0.717) is 17.8 Å². The number of carbonyl (C=O) groups is 1.